The van der Waals surface area contributed by atoms with Crippen LogP contribution in [0.15, 0.2) is 78.9 Å². The van der Waals surface area contributed by atoms with Crippen LogP contribution < -0.4 is 10.6 Å². The molecular weight excluding hydrogens is 725 g/mol. The number of rotatable bonds is 16. The van der Waals surface area contributed by atoms with E-state index in [9.17, 15) is 34.5 Å². The molecule has 5 amide bonds. The van der Waals surface area contributed by atoms with E-state index >= 15 is 0 Å². The first-order chi connectivity index (χ1) is 26.6. The van der Waals surface area contributed by atoms with Gasteiger partial charge in [0.15, 0.2) is 0 Å². The molecule has 13 heteroatoms. The van der Waals surface area contributed by atoms with Gasteiger partial charge < -0.3 is 35.8 Å². The molecule has 0 bridgehead atoms. The molecule has 1 saturated heterocycles. The van der Waals surface area contributed by atoms with Gasteiger partial charge in [-0.15, -0.1) is 0 Å². The minimum absolute atomic E-state index is 0.0491. The summed E-state index contributed by atoms with van der Waals surface area (Å²) in [5, 5.41) is 38.5. The van der Waals surface area contributed by atoms with Crippen LogP contribution in [0.2, 0.25) is 0 Å². The van der Waals surface area contributed by atoms with Crippen LogP contribution in [0.25, 0.3) is 0 Å². The fourth-order valence-corrected chi connectivity index (χ4v) is 7.60. The van der Waals surface area contributed by atoms with Crippen molar-refractivity contribution in [1.29, 1.82) is 0 Å². The number of aliphatic hydroxyl groups is 2. The normalized spacial score (nSPS) is 16.4. The molecule has 1 fully saturated rings. The third-order valence-corrected chi connectivity index (χ3v) is 10.3. The van der Waals surface area contributed by atoms with Crippen molar-refractivity contribution in [3.63, 3.8) is 0 Å². The van der Waals surface area contributed by atoms with Gasteiger partial charge in [0, 0.05) is 26.2 Å². The van der Waals surface area contributed by atoms with Crippen molar-refractivity contribution in [2.24, 2.45) is 10.8 Å². The zero-order valence-corrected chi connectivity index (χ0v) is 34.9. The summed E-state index contributed by atoms with van der Waals surface area (Å²) >= 11 is 0. The van der Waals surface area contributed by atoms with Crippen LogP contribution in [0.5, 0.6) is 0 Å². The first-order valence-corrected chi connectivity index (χ1v) is 19.6. The summed E-state index contributed by atoms with van der Waals surface area (Å²) in [5.41, 5.74) is 0.322. The quantitative estimate of drug-likeness (QED) is 0.132. The number of nitrogens with zero attached hydrogens (tertiary/aromatic N) is 4. The molecule has 0 aliphatic carbocycles. The minimum atomic E-state index is -1.25. The molecule has 4 rings (SSSR count). The van der Waals surface area contributed by atoms with Crippen molar-refractivity contribution in [3.8, 4) is 0 Å². The topological polar surface area (TPSA) is 176 Å². The lowest BCUT2D eigenvalue weighted by molar-refractivity contribution is -0.131. The number of carbonyl (C=O) groups excluding carboxylic acids is 3. The standard InChI is InChI=1S/C44H62N6O7/c1-42(2,3)36(48(9)41(55)56)38(52)47-33(26-30-19-14-11-15-20-30)34(51)27-32(25-29-17-12-10-13-18-29)46-39(53)37(43(4,5)6)50-24-23-49(40(50)54)28-31-21-16-22-35(45-31)44(7,8)57/h10-22,32-34,36-37,51,57H,23-28H2,1-9H3,(H,46,53)(H,47,52)(H,55,56)/t32-,33-,34+,36+,37+/m0/s1. The molecule has 1 aliphatic rings. The number of likely N-dealkylation sites (N-methyl/N-ethyl adjacent to an activating group) is 1. The number of hydrogen-bond acceptors (Lipinski definition) is 7. The summed E-state index contributed by atoms with van der Waals surface area (Å²) in [6.07, 6.45) is -1.75. The summed E-state index contributed by atoms with van der Waals surface area (Å²) < 4.78 is 0. The first-order valence-electron chi connectivity index (χ1n) is 19.6. The van der Waals surface area contributed by atoms with Crippen LogP contribution >= 0.6 is 0 Å². The number of aromatic nitrogens is 1. The maximum absolute atomic E-state index is 14.5. The van der Waals surface area contributed by atoms with E-state index < -0.39 is 58.7 Å². The summed E-state index contributed by atoms with van der Waals surface area (Å²) in [6.45, 7) is 15.3. The van der Waals surface area contributed by atoms with Crippen molar-refractivity contribution in [1.82, 2.24) is 30.3 Å². The maximum atomic E-state index is 14.5. The number of aliphatic hydroxyl groups excluding tert-OH is 1. The Hall–Kier alpha value is -5.01. The van der Waals surface area contributed by atoms with Crippen molar-refractivity contribution >= 4 is 23.9 Å². The fourth-order valence-electron chi connectivity index (χ4n) is 7.60. The largest absolute Gasteiger partial charge is 0.465 e. The van der Waals surface area contributed by atoms with Gasteiger partial charge in [0.25, 0.3) is 0 Å². The molecular formula is C44H62N6O7. The lowest BCUT2D eigenvalue weighted by Crippen LogP contribution is -2.59. The average molecular weight is 787 g/mol. The Balaban J connectivity index is 1.61. The molecule has 2 aromatic carbocycles. The highest BCUT2D eigenvalue weighted by Crippen LogP contribution is 2.30. The van der Waals surface area contributed by atoms with Crippen LogP contribution in [0, 0.1) is 10.8 Å². The van der Waals surface area contributed by atoms with Gasteiger partial charge in [0.05, 0.1) is 30.1 Å². The predicted molar refractivity (Wildman–Crippen MR) is 219 cm³/mol. The van der Waals surface area contributed by atoms with E-state index in [4.69, 9.17) is 0 Å². The number of carbonyl (C=O) groups is 4. The molecule has 1 aliphatic heterocycles. The number of pyridine rings is 1. The molecule has 3 aromatic rings. The molecule has 13 nitrogen and oxygen atoms in total. The maximum Gasteiger partial charge on any atom is 0.407 e. The molecule has 310 valence electrons. The lowest BCUT2D eigenvalue weighted by atomic mass is 9.84. The smallest absolute Gasteiger partial charge is 0.407 e. The van der Waals surface area contributed by atoms with Crippen LogP contribution in [-0.2, 0) is 34.6 Å². The molecule has 5 atom stereocenters. The van der Waals surface area contributed by atoms with Crippen molar-refractivity contribution in [3.05, 3.63) is 101 Å². The second kappa shape index (κ2) is 18.5. The zero-order chi connectivity index (χ0) is 42.3. The van der Waals surface area contributed by atoms with Crippen LogP contribution in [0.1, 0.15) is 84.3 Å². The Morgan fingerprint density at radius 3 is 1.89 bits per heavy atom. The van der Waals surface area contributed by atoms with Gasteiger partial charge in [-0.05, 0) is 67.2 Å². The van der Waals surface area contributed by atoms with Crippen LogP contribution in [0.4, 0.5) is 9.59 Å². The average Bonchev–Trinajstić information content (AvgIpc) is 3.45. The fraction of sp³-hybridized carbons (Fsp3) is 0.523. The van der Waals surface area contributed by atoms with Gasteiger partial charge in [0.2, 0.25) is 11.8 Å². The van der Waals surface area contributed by atoms with Gasteiger partial charge in [-0.1, -0.05) is 108 Å². The third-order valence-electron chi connectivity index (χ3n) is 10.3. The Bertz CT molecular complexity index is 1820. The van der Waals surface area contributed by atoms with Crippen LogP contribution in [0.3, 0.4) is 0 Å². The number of carboxylic acid groups (broad SMARTS) is 1. The highest BCUT2D eigenvalue weighted by Gasteiger charge is 2.44. The molecule has 0 unspecified atom stereocenters. The van der Waals surface area contributed by atoms with Gasteiger partial charge in [-0.2, -0.15) is 0 Å². The van der Waals surface area contributed by atoms with Crippen LogP contribution in [-0.4, -0.2) is 109 Å². The Morgan fingerprint density at radius 1 is 0.789 bits per heavy atom. The molecule has 57 heavy (non-hydrogen) atoms. The highest BCUT2D eigenvalue weighted by molar-refractivity contribution is 5.89. The predicted octanol–water partition coefficient (Wildman–Crippen LogP) is 5.19. The number of nitrogens with one attached hydrogen (secondary N) is 2. The van der Waals surface area contributed by atoms with Gasteiger partial charge >= 0.3 is 12.1 Å². The molecule has 2 heterocycles. The summed E-state index contributed by atoms with van der Waals surface area (Å²) in [4.78, 5) is 63.3. The zero-order valence-electron chi connectivity index (χ0n) is 34.9. The van der Waals surface area contributed by atoms with Gasteiger partial charge in [-0.3, -0.25) is 19.5 Å². The number of hydrogen-bond donors (Lipinski definition) is 5. The van der Waals surface area contributed by atoms with E-state index in [2.05, 4.69) is 15.6 Å². The monoisotopic (exact) mass is 786 g/mol. The Morgan fingerprint density at radius 2 is 1.37 bits per heavy atom. The van der Waals surface area contributed by atoms with Crippen molar-refractivity contribution < 1.29 is 34.5 Å². The van der Waals surface area contributed by atoms with E-state index in [0.717, 1.165) is 16.0 Å². The summed E-state index contributed by atoms with van der Waals surface area (Å²) in [5.74, 6) is -0.907. The van der Waals surface area contributed by atoms with Gasteiger partial charge in [0.1, 0.15) is 17.7 Å². The number of benzene rings is 2. The lowest BCUT2D eigenvalue weighted by Gasteiger charge is -2.38. The summed E-state index contributed by atoms with van der Waals surface area (Å²) in [6, 6.07) is 20.7. The third kappa shape index (κ3) is 12.2. The molecule has 0 radical (unpaired) electrons. The van der Waals surface area contributed by atoms with Gasteiger partial charge in [-0.25, -0.2) is 9.59 Å². The number of amides is 5. The molecule has 0 saturated carbocycles. The summed E-state index contributed by atoms with van der Waals surface area (Å²) in [7, 11) is 1.36. The minimum Gasteiger partial charge on any atom is -0.465 e. The second-order valence-corrected chi connectivity index (χ2v) is 17.9. The highest BCUT2D eigenvalue weighted by atomic mass is 16.4. The SMILES string of the molecule is CN(C(=O)O)[C@H](C(=O)N[C@@H](Cc1ccccc1)[C@H](O)C[C@H](Cc1ccccc1)NC(=O)[C@@H](N1CCN(Cc2cccc(C(C)(C)O)n2)C1=O)C(C)(C)C)C(C)(C)C. The van der Waals surface area contributed by atoms with E-state index in [1.54, 1.807) is 62.6 Å². The van der Waals surface area contributed by atoms with E-state index in [0.29, 0.717) is 30.9 Å². The van der Waals surface area contributed by atoms with Crippen molar-refractivity contribution in [2.75, 3.05) is 20.1 Å². The Labute approximate surface area is 337 Å². The Kier molecular flexibility index (Phi) is 14.5. The van der Waals surface area contributed by atoms with E-state index in [1.165, 1.54) is 7.05 Å². The number of urea groups is 1. The second-order valence-electron chi connectivity index (χ2n) is 17.9. The molecule has 0 spiro atoms. The molecule has 1 aromatic heterocycles. The van der Waals surface area contributed by atoms with E-state index in [1.807, 2.05) is 81.4 Å². The first kappa shape index (κ1) is 44.7. The van der Waals surface area contributed by atoms with E-state index in [-0.39, 0.29) is 31.3 Å². The molecule has 5 N–H and O–H groups in total. The van der Waals surface area contributed by atoms with Crippen molar-refractivity contribution in [2.45, 2.75) is 117 Å².